The summed E-state index contributed by atoms with van der Waals surface area (Å²) in [4.78, 5) is 14.2. The predicted molar refractivity (Wildman–Crippen MR) is 56.9 cm³/mol. The van der Waals surface area contributed by atoms with Gasteiger partial charge in [-0.1, -0.05) is 19.8 Å². The van der Waals surface area contributed by atoms with Gasteiger partial charge in [0.15, 0.2) is 0 Å². The number of rotatable bonds is 1. The van der Waals surface area contributed by atoms with E-state index in [-0.39, 0.29) is 0 Å². The second kappa shape index (κ2) is 4.33. The number of likely N-dealkylation sites (tertiary alicyclic amines) is 1. The first-order chi connectivity index (χ1) is 6.79. The van der Waals surface area contributed by atoms with Crippen LogP contribution < -0.4 is 0 Å². The normalized spacial score (nSPS) is 33.4. The molecule has 1 aliphatic heterocycles. The van der Waals surface area contributed by atoms with Gasteiger partial charge in [0.05, 0.1) is 0 Å². The summed E-state index contributed by atoms with van der Waals surface area (Å²) in [6.45, 7) is 4.28. The monoisotopic (exact) mass is 195 g/mol. The molecule has 2 heteroatoms. The highest BCUT2D eigenvalue weighted by atomic mass is 16.2. The van der Waals surface area contributed by atoms with Crippen molar-refractivity contribution in [2.24, 2.45) is 11.8 Å². The highest BCUT2D eigenvalue weighted by Crippen LogP contribution is 2.31. The molecule has 1 amide bonds. The van der Waals surface area contributed by atoms with Crippen LogP contribution in [0.5, 0.6) is 0 Å². The molecular weight excluding hydrogens is 174 g/mol. The highest BCUT2D eigenvalue weighted by Gasteiger charge is 2.31. The van der Waals surface area contributed by atoms with Gasteiger partial charge in [0.1, 0.15) is 0 Å². The van der Waals surface area contributed by atoms with Gasteiger partial charge in [-0.15, -0.1) is 0 Å². The smallest absolute Gasteiger partial charge is 0.225 e. The summed E-state index contributed by atoms with van der Waals surface area (Å²) in [7, 11) is 0. The van der Waals surface area contributed by atoms with E-state index in [2.05, 4.69) is 11.8 Å². The Morgan fingerprint density at radius 2 is 1.71 bits per heavy atom. The quantitative estimate of drug-likeness (QED) is 0.629. The Labute approximate surface area is 86.7 Å². The number of hydrogen-bond donors (Lipinski definition) is 0. The summed E-state index contributed by atoms with van der Waals surface area (Å²) in [6, 6.07) is 0. The lowest BCUT2D eigenvalue weighted by Gasteiger charge is -2.31. The fourth-order valence-electron chi connectivity index (χ4n) is 2.86. The average molecular weight is 195 g/mol. The van der Waals surface area contributed by atoms with E-state index in [9.17, 15) is 4.79 Å². The van der Waals surface area contributed by atoms with Crippen LogP contribution >= 0.6 is 0 Å². The third-order valence-corrected chi connectivity index (χ3v) is 3.85. The molecule has 0 N–H and O–H groups in total. The van der Waals surface area contributed by atoms with Crippen LogP contribution in [0.15, 0.2) is 0 Å². The molecule has 0 aromatic heterocycles. The second-order valence-electron chi connectivity index (χ2n) is 4.90. The summed E-state index contributed by atoms with van der Waals surface area (Å²) >= 11 is 0. The van der Waals surface area contributed by atoms with E-state index in [1.807, 2.05) is 0 Å². The molecule has 2 fully saturated rings. The summed E-state index contributed by atoms with van der Waals surface area (Å²) in [5.41, 5.74) is 0. The van der Waals surface area contributed by atoms with Crippen molar-refractivity contribution in [1.82, 2.24) is 4.90 Å². The molecule has 1 heterocycles. The maximum absolute atomic E-state index is 12.1. The topological polar surface area (TPSA) is 20.3 Å². The minimum absolute atomic E-state index is 0.349. The van der Waals surface area contributed by atoms with Crippen molar-refractivity contribution in [2.75, 3.05) is 13.1 Å². The van der Waals surface area contributed by atoms with E-state index in [4.69, 9.17) is 0 Å². The fourth-order valence-corrected chi connectivity index (χ4v) is 2.86. The summed E-state index contributed by atoms with van der Waals surface area (Å²) in [5.74, 6) is 1.42. The molecule has 0 aromatic rings. The van der Waals surface area contributed by atoms with Crippen LogP contribution in [-0.4, -0.2) is 23.9 Å². The van der Waals surface area contributed by atoms with Crippen molar-refractivity contribution in [3.8, 4) is 0 Å². The van der Waals surface area contributed by atoms with Crippen LogP contribution in [0, 0.1) is 11.8 Å². The van der Waals surface area contributed by atoms with Gasteiger partial charge in [-0.3, -0.25) is 4.79 Å². The SMILES string of the molecule is C[C@@H]1CCCC[C@H]1C(=O)N1CCCC1. The molecular formula is C12H21NO. The minimum Gasteiger partial charge on any atom is -0.342 e. The van der Waals surface area contributed by atoms with Gasteiger partial charge in [0, 0.05) is 19.0 Å². The van der Waals surface area contributed by atoms with Gasteiger partial charge in [-0.05, 0) is 31.6 Å². The molecule has 2 nitrogen and oxygen atoms in total. The minimum atomic E-state index is 0.349. The molecule has 1 saturated carbocycles. The van der Waals surface area contributed by atoms with Crippen molar-refractivity contribution in [1.29, 1.82) is 0 Å². The maximum atomic E-state index is 12.1. The van der Waals surface area contributed by atoms with E-state index in [0.717, 1.165) is 19.5 Å². The molecule has 0 unspecified atom stereocenters. The van der Waals surface area contributed by atoms with E-state index >= 15 is 0 Å². The lowest BCUT2D eigenvalue weighted by molar-refractivity contribution is -0.137. The third-order valence-electron chi connectivity index (χ3n) is 3.85. The van der Waals surface area contributed by atoms with E-state index in [1.54, 1.807) is 0 Å². The van der Waals surface area contributed by atoms with Crippen LogP contribution in [-0.2, 0) is 4.79 Å². The lowest BCUT2D eigenvalue weighted by Crippen LogP contribution is -2.37. The van der Waals surface area contributed by atoms with Crippen molar-refractivity contribution in [3.63, 3.8) is 0 Å². The zero-order valence-corrected chi connectivity index (χ0v) is 9.17. The van der Waals surface area contributed by atoms with Gasteiger partial charge in [0.25, 0.3) is 0 Å². The Bertz CT molecular complexity index is 208. The van der Waals surface area contributed by atoms with Gasteiger partial charge < -0.3 is 4.90 Å². The zero-order chi connectivity index (χ0) is 9.97. The number of amides is 1. The van der Waals surface area contributed by atoms with Crippen LogP contribution in [0.1, 0.15) is 45.4 Å². The molecule has 0 aromatic carbocycles. The Morgan fingerprint density at radius 3 is 2.36 bits per heavy atom. The fraction of sp³-hybridized carbons (Fsp3) is 0.917. The van der Waals surface area contributed by atoms with Gasteiger partial charge in [-0.2, -0.15) is 0 Å². The van der Waals surface area contributed by atoms with E-state index in [1.165, 1.54) is 32.1 Å². The van der Waals surface area contributed by atoms with Crippen molar-refractivity contribution >= 4 is 5.91 Å². The molecule has 80 valence electrons. The number of carbonyl (C=O) groups is 1. The van der Waals surface area contributed by atoms with Crippen LogP contribution in [0.4, 0.5) is 0 Å². The summed E-state index contributed by atoms with van der Waals surface area (Å²) in [6.07, 6.45) is 7.40. The lowest BCUT2D eigenvalue weighted by atomic mass is 9.79. The summed E-state index contributed by atoms with van der Waals surface area (Å²) in [5, 5.41) is 0. The number of nitrogens with zero attached hydrogens (tertiary/aromatic N) is 1. The van der Waals surface area contributed by atoms with Crippen LogP contribution in [0.2, 0.25) is 0 Å². The largest absolute Gasteiger partial charge is 0.342 e. The van der Waals surface area contributed by atoms with E-state index < -0.39 is 0 Å². The molecule has 2 aliphatic rings. The van der Waals surface area contributed by atoms with Crippen molar-refractivity contribution in [2.45, 2.75) is 45.4 Å². The standard InChI is InChI=1S/C12H21NO/c1-10-6-2-3-7-11(10)12(14)13-8-4-5-9-13/h10-11H,2-9H2,1H3/t10-,11-/m1/s1. The first-order valence-electron chi connectivity index (χ1n) is 6.08. The first kappa shape index (κ1) is 10.0. The molecule has 0 radical (unpaired) electrons. The average Bonchev–Trinajstić information content (AvgIpc) is 2.70. The number of carbonyl (C=O) groups excluding carboxylic acids is 1. The molecule has 1 saturated heterocycles. The third kappa shape index (κ3) is 1.94. The molecule has 14 heavy (non-hydrogen) atoms. The van der Waals surface area contributed by atoms with Crippen LogP contribution in [0.3, 0.4) is 0 Å². The Kier molecular flexibility index (Phi) is 3.09. The second-order valence-corrected chi connectivity index (χ2v) is 4.90. The Morgan fingerprint density at radius 1 is 1.07 bits per heavy atom. The van der Waals surface area contributed by atoms with E-state index in [0.29, 0.717) is 17.7 Å². The first-order valence-corrected chi connectivity index (χ1v) is 6.08. The molecule has 0 bridgehead atoms. The Hall–Kier alpha value is -0.530. The highest BCUT2D eigenvalue weighted by molar-refractivity contribution is 5.79. The predicted octanol–water partition coefficient (Wildman–Crippen LogP) is 2.44. The van der Waals surface area contributed by atoms with Gasteiger partial charge in [-0.25, -0.2) is 0 Å². The zero-order valence-electron chi connectivity index (χ0n) is 9.17. The maximum Gasteiger partial charge on any atom is 0.225 e. The van der Waals surface area contributed by atoms with Gasteiger partial charge >= 0.3 is 0 Å². The molecule has 0 spiro atoms. The van der Waals surface area contributed by atoms with Gasteiger partial charge in [0.2, 0.25) is 5.91 Å². The molecule has 2 rings (SSSR count). The summed E-state index contributed by atoms with van der Waals surface area (Å²) < 4.78 is 0. The van der Waals surface area contributed by atoms with Crippen LogP contribution in [0.25, 0.3) is 0 Å². The molecule has 1 aliphatic carbocycles. The molecule has 2 atom stereocenters. The van der Waals surface area contributed by atoms with Crippen molar-refractivity contribution < 1.29 is 4.79 Å². The van der Waals surface area contributed by atoms with Crippen molar-refractivity contribution in [3.05, 3.63) is 0 Å². The Balaban J connectivity index is 1.94. The number of hydrogen-bond acceptors (Lipinski definition) is 1.